The zero-order valence-corrected chi connectivity index (χ0v) is 12.5. The summed E-state index contributed by atoms with van der Waals surface area (Å²) in [5.41, 5.74) is 7.58. The number of amidine groups is 1. The van der Waals surface area contributed by atoms with E-state index in [1.807, 2.05) is 27.9 Å². The Bertz CT molecular complexity index is 482. The van der Waals surface area contributed by atoms with Gasteiger partial charge >= 0.3 is 0 Å². The summed E-state index contributed by atoms with van der Waals surface area (Å²) in [5, 5.41) is 15.7. The first kappa shape index (κ1) is 15.4. The smallest absolute Gasteiger partial charge is 0.244 e. The third-order valence-corrected chi connectivity index (χ3v) is 3.46. The summed E-state index contributed by atoms with van der Waals surface area (Å²) < 4.78 is 5.72. The number of aryl methyl sites for hydroxylation is 1. The first-order chi connectivity index (χ1) is 8.66. The molecule has 0 aromatic carbocycles. The summed E-state index contributed by atoms with van der Waals surface area (Å²) in [6.45, 7) is 8.27. The van der Waals surface area contributed by atoms with E-state index < -0.39 is 0 Å². The number of ether oxygens (including phenoxy) is 1. The second-order valence-corrected chi connectivity index (χ2v) is 5.50. The quantitative estimate of drug-likeness (QED) is 0.614. The van der Waals surface area contributed by atoms with Crippen LogP contribution in [0.15, 0.2) is 0 Å². The Hall–Kier alpha value is -1.69. The minimum Gasteiger partial charge on any atom is -0.474 e. The molecule has 0 saturated carbocycles. The molecule has 0 aliphatic carbocycles. The van der Waals surface area contributed by atoms with Crippen molar-refractivity contribution in [2.24, 2.45) is 5.73 Å². The van der Waals surface area contributed by atoms with Crippen molar-refractivity contribution >= 4 is 5.84 Å². The van der Waals surface area contributed by atoms with Crippen molar-refractivity contribution in [2.75, 3.05) is 20.7 Å². The fraction of sp³-hybridized carbons (Fsp3) is 0.615. The second kappa shape index (κ2) is 5.52. The highest BCUT2D eigenvalue weighted by atomic mass is 16.5. The SMILES string of the molecule is Cc1nnc(OCC(C)(C)N(C)C)c(C(=N)N)c1C. The molecule has 0 atom stereocenters. The maximum atomic E-state index is 7.65. The summed E-state index contributed by atoms with van der Waals surface area (Å²) in [6.07, 6.45) is 0. The first-order valence-electron chi connectivity index (χ1n) is 6.15. The summed E-state index contributed by atoms with van der Waals surface area (Å²) in [4.78, 5) is 2.06. The van der Waals surface area contributed by atoms with Gasteiger partial charge in [0.2, 0.25) is 5.88 Å². The summed E-state index contributed by atoms with van der Waals surface area (Å²) in [7, 11) is 3.97. The van der Waals surface area contributed by atoms with Gasteiger partial charge in [-0.1, -0.05) is 0 Å². The van der Waals surface area contributed by atoms with Crippen LogP contribution in [0, 0.1) is 19.3 Å². The van der Waals surface area contributed by atoms with Crippen molar-refractivity contribution in [1.82, 2.24) is 15.1 Å². The van der Waals surface area contributed by atoms with Crippen molar-refractivity contribution in [3.8, 4) is 5.88 Å². The van der Waals surface area contributed by atoms with Crippen LogP contribution in [0.1, 0.15) is 30.7 Å². The molecule has 0 radical (unpaired) electrons. The summed E-state index contributed by atoms with van der Waals surface area (Å²) in [5.74, 6) is 0.277. The number of nitrogens with one attached hydrogen (secondary N) is 1. The molecule has 3 N–H and O–H groups in total. The van der Waals surface area contributed by atoms with E-state index in [0.717, 1.165) is 11.3 Å². The second-order valence-electron chi connectivity index (χ2n) is 5.50. The van der Waals surface area contributed by atoms with Gasteiger partial charge in [0.1, 0.15) is 12.4 Å². The lowest BCUT2D eigenvalue weighted by Gasteiger charge is -2.32. The van der Waals surface area contributed by atoms with Crippen LogP contribution in [-0.2, 0) is 0 Å². The lowest BCUT2D eigenvalue weighted by Crippen LogP contribution is -2.43. The van der Waals surface area contributed by atoms with Gasteiger partial charge in [-0.05, 0) is 47.4 Å². The van der Waals surface area contributed by atoms with E-state index in [1.165, 1.54) is 0 Å². The molecule has 0 bridgehead atoms. The molecular weight excluding hydrogens is 242 g/mol. The Balaban J connectivity index is 3.03. The van der Waals surface area contributed by atoms with Crippen LogP contribution in [0.2, 0.25) is 0 Å². The monoisotopic (exact) mass is 265 g/mol. The number of nitrogens with two attached hydrogens (primary N) is 1. The van der Waals surface area contributed by atoms with Gasteiger partial charge in [-0.25, -0.2) is 0 Å². The van der Waals surface area contributed by atoms with Crippen LogP contribution in [-0.4, -0.2) is 47.2 Å². The Morgan fingerprint density at radius 2 is 1.89 bits per heavy atom. The number of nitrogen functional groups attached to an aromatic ring is 1. The van der Waals surface area contributed by atoms with Gasteiger partial charge in [-0.2, -0.15) is 5.10 Å². The van der Waals surface area contributed by atoms with Gasteiger partial charge in [0.15, 0.2) is 0 Å². The van der Waals surface area contributed by atoms with Crippen molar-refractivity contribution < 1.29 is 4.74 Å². The Kier molecular flexibility index (Phi) is 4.47. The number of hydrogen-bond donors (Lipinski definition) is 2. The Morgan fingerprint density at radius 1 is 1.32 bits per heavy atom. The average molecular weight is 265 g/mol. The van der Waals surface area contributed by atoms with Crippen LogP contribution in [0.4, 0.5) is 0 Å². The maximum Gasteiger partial charge on any atom is 0.244 e. The van der Waals surface area contributed by atoms with E-state index in [-0.39, 0.29) is 11.4 Å². The molecule has 0 aliphatic heterocycles. The number of rotatable bonds is 5. The molecule has 106 valence electrons. The summed E-state index contributed by atoms with van der Waals surface area (Å²) in [6, 6.07) is 0. The minimum absolute atomic E-state index is 0.0480. The van der Waals surface area contributed by atoms with Crippen LogP contribution in [0.25, 0.3) is 0 Å². The highest BCUT2D eigenvalue weighted by Gasteiger charge is 2.23. The van der Waals surface area contributed by atoms with Gasteiger partial charge in [-0.15, -0.1) is 5.10 Å². The third-order valence-electron chi connectivity index (χ3n) is 3.46. The zero-order valence-electron chi connectivity index (χ0n) is 12.5. The van der Waals surface area contributed by atoms with Crippen molar-refractivity contribution in [3.05, 3.63) is 16.8 Å². The molecule has 0 saturated heterocycles. The van der Waals surface area contributed by atoms with Gasteiger partial charge in [0.25, 0.3) is 0 Å². The molecule has 0 spiro atoms. The minimum atomic E-state index is -0.144. The van der Waals surface area contributed by atoms with Crippen LogP contribution < -0.4 is 10.5 Å². The zero-order chi connectivity index (χ0) is 14.8. The van der Waals surface area contributed by atoms with Crippen LogP contribution in [0.5, 0.6) is 5.88 Å². The molecule has 1 heterocycles. The fourth-order valence-electron chi connectivity index (χ4n) is 1.38. The lowest BCUT2D eigenvalue weighted by molar-refractivity contribution is 0.110. The standard InChI is InChI=1S/C13H23N5O/c1-8-9(2)16-17-12(10(8)11(14)15)19-7-13(3,4)18(5)6/h7H2,1-6H3,(H3,14,15). The molecule has 19 heavy (non-hydrogen) atoms. The molecule has 6 nitrogen and oxygen atoms in total. The van der Waals surface area contributed by atoms with E-state index >= 15 is 0 Å². The van der Waals surface area contributed by atoms with Gasteiger partial charge in [0, 0.05) is 5.54 Å². The molecule has 1 aromatic rings. The number of aromatic nitrogens is 2. The van der Waals surface area contributed by atoms with Crippen molar-refractivity contribution in [3.63, 3.8) is 0 Å². The molecule has 1 aromatic heterocycles. The Morgan fingerprint density at radius 3 is 2.37 bits per heavy atom. The van der Waals surface area contributed by atoms with E-state index in [9.17, 15) is 0 Å². The van der Waals surface area contributed by atoms with Crippen LogP contribution in [0.3, 0.4) is 0 Å². The van der Waals surface area contributed by atoms with E-state index in [0.29, 0.717) is 18.1 Å². The maximum absolute atomic E-state index is 7.65. The van der Waals surface area contributed by atoms with Crippen molar-refractivity contribution in [1.29, 1.82) is 5.41 Å². The fourth-order valence-corrected chi connectivity index (χ4v) is 1.38. The molecule has 0 fully saturated rings. The third kappa shape index (κ3) is 3.41. The number of nitrogens with zero attached hydrogens (tertiary/aromatic N) is 3. The normalized spacial score (nSPS) is 11.7. The molecule has 6 heteroatoms. The summed E-state index contributed by atoms with van der Waals surface area (Å²) >= 11 is 0. The molecule has 1 rings (SSSR count). The van der Waals surface area contributed by atoms with E-state index in [1.54, 1.807) is 0 Å². The highest BCUT2D eigenvalue weighted by Crippen LogP contribution is 2.21. The topological polar surface area (TPSA) is 88.1 Å². The molecule has 0 amide bonds. The van der Waals surface area contributed by atoms with Crippen LogP contribution >= 0.6 is 0 Å². The average Bonchev–Trinajstić information content (AvgIpc) is 2.29. The van der Waals surface area contributed by atoms with Gasteiger partial charge in [-0.3, -0.25) is 5.41 Å². The van der Waals surface area contributed by atoms with Gasteiger partial charge < -0.3 is 15.4 Å². The number of likely N-dealkylation sites (N-methyl/N-ethyl adjacent to an activating group) is 1. The number of hydrogen-bond acceptors (Lipinski definition) is 5. The van der Waals surface area contributed by atoms with Crippen molar-refractivity contribution in [2.45, 2.75) is 33.2 Å². The van der Waals surface area contributed by atoms with Gasteiger partial charge in [0.05, 0.1) is 11.3 Å². The first-order valence-corrected chi connectivity index (χ1v) is 6.15. The predicted octanol–water partition coefficient (Wildman–Crippen LogP) is 1.10. The predicted molar refractivity (Wildman–Crippen MR) is 75.8 cm³/mol. The lowest BCUT2D eigenvalue weighted by atomic mass is 10.1. The highest BCUT2D eigenvalue weighted by molar-refractivity contribution is 5.98. The van der Waals surface area contributed by atoms with E-state index in [2.05, 4.69) is 28.9 Å². The molecular formula is C13H23N5O. The Labute approximate surface area is 114 Å². The molecule has 0 unspecified atom stereocenters. The largest absolute Gasteiger partial charge is 0.474 e. The molecule has 0 aliphatic rings. The van der Waals surface area contributed by atoms with E-state index in [4.69, 9.17) is 15.9 Å².